The first-order valence-corrected chi connectivity index (χ1v) is 12.6. The van der Waals surface area contributed by atoms with Crippen LogP contribution in [0.2, 0.25) is 0 Å². The van der Waals surface area contributed by atoms with Gasteiger partial charge < -0.3 is 10.1 Å². The van der Waals surface area contributed by atoms with Crippen molar-refractivity contribution in [2.45, 2.75) is 38.5 Å². The normalized spacial score (nSPS) is 13.6. The van der Waals surface area contributed by atoms with Gasteiger partial charge in [0.1, 0.15) is 16.8 Å². The standard InChI is InChI=1S/C26H24BrN3O2S/c27-21-16-18(12-13-22(21)32-15-14-28)17-29-26-24(25(31)30-19-8-4-3-5-9-19)20-10-6-1-2-7-11-23(20)33-26/h3-5,8-9,12-13,16-17H,1-2,6-7,10-11,15H2,(H,30,31). The van der Waals surface area contributed by atoms with E-state index in [0.29, 0.717) is 11.3 Å². The molecular weight excluding hydrogens is 498 g/mol. The average Bonchev–Trinajstić information content (AvgIpc) is 3.14. The molecule has 0 bridgehead atoms. The number of fused-ring (bicyclic) bond motifs is 1. The Morgan fingerprint density at radius 2 is 1.94 bits per heavy atom. The molecule has 2 aromatic carbocycles. The zero-order chi connectivity index (χ0) is 23.0. The van der Waals surface area contributed by atoms with Gasteiger partial charge in [0.15, 0.2) is 6.61 Å². The van der Waals surface area contributed by atoms with Crippen molar-refractivity contribution in [2.75, 3.05) is 11.9 Å². The van der Waals surface area contributed by atoms with Crippen LogP contribution in [-0.2, 0) is 12.8 Å². The second-order valence-corrected chi connectivity index (χ2v) is 9.75. The number of carbonyl (C=O) groups is 1. The molecule has 1 amide bonds. The van der Waals surface area contributed by atoms with E-state index >= 15 is 0 Å². The van der Waals surface area contributed by atoms with Crippen molar-refractivity contribution in [3.8, 4) is 11.8 Å². The average molecular weight is 522 g/mol. The van der Waals surface area contributed by atoms with E-state index < -0.39 is 0 Å². The summed E-state index contributed by atoms with van der Waals surface area (Å²) >= 11 is 5.11. The third kappa shape index (κ3) is 5.89. The number of ether oxygens (including phenoxy) is 1. The number of halogens is 1. The fraction of sp³-hybridized carbons (Fsp3) is 0.269. The molecule has 0 saturated carbocycles. The van der Waals surface area contributed by atoms with Crippen molar-refractivity contribution >= 4 is 50.1 Å². The summed E-state index contributed by atoms with van der Waals surface area (Å²) in [6.45, 7) is -0.00727. The number of rotatable bonds is 6. The molecule has 33 heavy (non-hydrogen) atoms. The Kier molecular flexibility index (Phi) is 7.92. The number of para-hydroxylation sites is 1. The number of hydrogen-bond donors (Lipinski definition) is 1. The van der Waals surface area contributed by atoms with Crippen molar-refractivity contribution in [2.24, 2.45) is 4.99 Å². The number of thiophene rings is 1. The minimum atomic E-state index is -0.104. The summed E-state index contributed by atoms with van der Waals surface area (Å²) in [5.41, 5.74) is 3.51. The first kappa shape index (κ1) is 23.2. The first-order chi connectivity index (χ1) is 16.2. The van der Waals surface area contributed by atoms with Gasteiger partial charge in [-0.25, -0.2) is 4.99 Å². The number of aliphatic imine (C=N–C) groups is 1. The van der Waals surface area contributed by atoms with E-state index in [1.165, 1.54) is 17.7 Å². The maximum atomic E-state index is 13.3. The van der Waals surface area contributed by atoms with Gasteiger partial charge in [0.2, 0.25) is 0 Å². The molecule has 1 heterocycles. The molecule has 1 N–H and O–H groups in total. The number of hydrogen-bond acceptors (Lipinski definition) is 5. The molecule has 1 aliphatic rings. The Hall–Kier alpha value is -2.95. The van der Waals surface area contributed by atoms with Gasteiger partial charge in [-0.1, -0.05) is 31.0 Å². The number of benzene rings is 2. The van der Waals surface area contributed by atoms with Crippen molar-refractivity contribution in [1.29, 1.82) is 5.26 Å². The SMILES string of the molecule is N#CCOc1ccc(C=Nc2sc3c(c2C(=O)Nc2ccccc2)CCCCCC3)cc1Br. The van der Waals surface area contributed by atoms with E-state index in [2.05, 4.69) is 21.2 Å². The van der Waals surface area contributed by atoms with E-state index in [4.69, 9.17) is 15.0 Å². The van der Waals surface area contributed by atoms with Crippen LogP contribution in [0.4, 0.5) is 10.7 Å². The largest absolute Gasteiger partial charge is 0.478 e. The molecule has 5 nitrogen and oxygen atoms in total. The minimum Gasteiger partial charge on any atom is -0.478 e. The number of nitrogens with zero attached hydrogens (tertiary/aromatic N) is 2. The molecule has 1 aromatic heterocycles. The highest BCUT2D eigenvalue weighted by Gasteiger charge is 2.24. The molecule has 0 aliphatic heterocycles. The topological polar surface area (TPSA) is 74.5 Å². The van der Waals surface area contributed by atoms with Gasteiger partial charge in [0.05, 0.1) is 10.0 Å². The number of aryl methyl sites for hydroxylation is 1. The lowest BCUT2D eigenvalue weighted by molar-refractivity contribution is 0.102. The van der Waals surface area contributed by atoms with Crippen LogP contribution in [0.15, 0.2) is 58.0 Å². The van der Waals surface area contributed by atoms with Gasteiger partial charge in [-0.3, -0.25) is 4.79 Å². The summed E-state index contributed by atoms with van der Waals surface area (Å²) < 4.78 is 6.14. The molecular formula is C26H24BrN3O2S. The number of carbonyl (C=O) groups excluding carboxylic acids is 1. The van der Waals surface area contributed by atoms with E-state index in [9.17, 15) is 4.79 Å². The van der Waals surface area contributed by atoms with Crippen LogP contribution in [0, 0.1) is 11.3 Å². The Balaban J connectivity index is 1.65. The first-order valence-electron chi connectivity index (χ1n) is 11.0. The van der Waals surface area contributed by atoms with Crippen molar-refractivity contribution in [3.05, 3.63) is 74.6 Å². The maximum absolute atomic E-state index is 13.3. The van der Waals surface area contributed by atoms with E-state index in [0.717, 1.165) is 52.0 Å². The molecule has 0 unspecified atom stereocenters. The van der Waals surface area contributed by atoms with E-state index in [-0.39, 0.29) is 12.5 Å². The number of amides is 1. The predicted octanol–water partition coefficient (Wildman–Crippen LogP) is 7.07. The van der Waals surface area contributed by atoms with Gasteiger partial charge in [0, 0.05) is 16.8 Å². The lowest BCUT2D eigenvalue weighted by Crippen LogP contribution is -2.14. The molecule has 4 rings (SSSR count). The Morgan fingerprint density at radius 1 is 1.15 bits per heavy atom. The third-order valence-electron chi connectivity index (χ3n) is 5.49. The Labute approximate surface area is 206 Å². The zero-order valence-corrected chi connectivity index (χ0v) is 20.5. The van der Waals surface area contributed by atoms with E-state index in [1.807, 2.05) is 48.5 Å². The lowest BCUT2D eigenvalue weighted by Gasteiger charge is -2.12. The van der Waals surface area contributed by atoms with Crippen LogP contribution in [0.5, 0.6) is 5.75 Å². The Bertz CT molecular complexity index is 1200. The van der Waals surface area contributed by atoms with Gasteiger partial charge in [-0.2, -0.15) is 5.26 Å². The van der Waals surface area contributed by atoms with Gasteiger partial charge >= 0.3 is 0 Å². The molecule has 7 heteroatoms. The van der Waals surface area contributed by atoms with Crippen LogP contribution in [0.1, 0.15) is 52.0 Å². The van der Waals surface area contributed by atoms with Gasteiger partial charge in [0.25, 0.3) is 5.91 Å². The lowest BCUT2D eigenvalue weighted by atomic mass is 9.96. The second kappa shape index (κ2) is 11.3. The molecule has 0 spiro atoms. The fourth-order valence-electron chi connectivity index (χ4n) is 3.90. The van der Waals surface area contributed by atoms with Crippen molar-refractivity contribution in [3.63, 3.8) is 0 Å². The third-order valence-corrected chi connectivity index (χ3v) is 7.31. The van der Waals surface area contributed by atoms with Crippen molar-refractivity contribution < 1.29 is 9.53 Å². The van der Waals surface area contributed by atoms with Crippen LogP contribution >= 0.6 is 27.3 Å². The summed E-state index contributed by atoms with van der Waals surface area (Å²) in [5, 5.41) is 12.5. The quantitative estimate of drug-likeness (QED) is 0.352. The molecule has 1 aliphatic carbocycles. The molecule has 0 saturated heterocycles. The monoisotopic (exact) mass is 521 g/mol. The summed E-state index contributed by atoms with van der Waals surface area (Å²) in [4.78, 5) is 19.4. The highest BCUT2D eigenvalue weighted by atomic mass is 79.9. The molecule has 0 atom stereocenters. The number of anilines is 1. The van der Waals surface area contributed by atoms with Gasteiger partial charge in [-0.15, -0.1) is 11.3 Å². The molecule has 0 radical (unpaired) electrons. The van der Waals surface area contributed by atoms with Crippen molar-refractivity contribution in [1.82, 2.24) is 0 Å². The highest BCUT2D eigenvalue weighted by molar-refractivity contribution is 9.10. The van der Waals surface area contributed by atoms with Gasteiger partial charge in [-0.05, 0) is 83.1 Å². The predicted molar refractivity (Wildman–Crippen MR) is 137 cm³/mol. The highest BCUT2D eigenvalue weighted by Crippen LogP contribution is 2.39. The summed E-state index contributed by atoms with van der Waals surface area (Å²) in [6.07, 6.45) is 8.35. The van der Waals surface area contributed by atoms with Crippen LogP contribution in [-0.4, -0.2) is 18.7 Å². The summed E-state index contributed by atoms with van der Waals surface area (Å²) in [5.74, 6) is 0.503. The van der Waals surface area contributed by atoms with E-state index in [1.54, 1.807) is 23.6 Å². The smallest absolute Gasteiger partial charge is 0.259 e. The van der Waals surface area contributed by atoms with Crippen LogP contribution in [0.25, 0.3) is 0 Å². The second-order valence-electron chi connectivity index (χ2n) is 7.81. The van der Waals surface area contributed by atoms with Crippen LogP contribution in [0.3, 0.4) is 0 Å². The Morgan fingerprint density at radius 3 is 2.70 bits per heavy atom. The fourth-order valence-corrected chi connectivity index (χ4v) is 5.64. The minimum absolute atomic E-state index is 0.00727. The summed E-state index contributed by atoms with van der Waals surface area (Å²) in [6, 6.07) is 17.1. The van der Waals surface area contributed by atoms with Crippen LogP contribution < -0.4 is 10.1 Å². The number of nitrogens with one attached hydrogen (secondary N) is 1. The maximum Gasteiger partial charge on any atom is 0.259 e. The number of nitriles is 1. The summed E-state index contributed by atoms with van der Waals surface area (Å²) in [7, 11) is 0. The zero-order valence-electron chi connectivity index (χ0n) is 18.1. The molecule has 168 valence electrons. The molecule has 3 aromatic rings. The molecule has 0 fully saturated rings.